The third-order valence-corrected chi connectivity index (χ3v) is 5.54. The van der Waals surface area contributed by atoms with E-state index >= 15 is 0 Å². The smallest absolute Gasteiger partial charge is 0.210 e. The summed E-state index contributed by atoms with van der Waals surface area (Å²) in [5, 5.41) is 1.54. The molecule has 0 aliphatic rings. The SMILES string of the molecule is COc1c(S(=O)ONCc2ccc(Cl)cc2)cc(Br)c2ccc(C)nc12. The molecular weight excluding hydrogens is 440 g/mol. The van der Waals surface area contributed by atoms with E-state index in [-0.39, 0.29) is 0 Å². The second-order valence-electron chi connectivity index (χ2n) is 5.50. The summed E-state index contributed by atoms with van der Waals surface area (Å²) in [6.45, 7) is 2.28. The lowest BCUT2D eigenvalue weighted by Crippen LogP contribution is -2.16. The van der Waals surface area contributed by atoms with E-state index in [0.29, 0.717) is 27.7 Å². The molecule has 136 valence electrons. The fourth-order valence-corrected chi connectivity index (χ4v) is 4.06. The summed E-state index contributed by atoms with van der Waals surface area (Å²) in [7, 11) is 1.52. The van der Waals surface area contributed by atoms with Gasteiger partial charge in [0.05, 0.1) is 7.11 Å². The number of nitrogens with zero attached hydrogens (tertiary/aromatic N) is 1. The molecule has 1 unspecified atom stereocenters. The Hall–Kier alpha value is -1.51. The number of methoxy groups -OCH3 is 1. The molecule has 3 rings (SSSR count). The van der Waals surface area contributed by atoms with Crippen LogP contribution in [0, 0.1) is 6.92 Å². The van der Waals surface area contributed by atoms with Crippen molar-refractivity contribution in [3.63, 3.8) is 0 Å². The van der Waals surface area contributed by atoms with Crippen molar-refractivity contribution in [2.24, 2.45) is 0 Å². The summed E-state index contributed by atoms with van der Waals surface area (Å²) in [4.78, 5) is 4.91. The number of fused-ring (bicyclic) bond motifs is 1. The number of hydrogen-bond acceptors (Lipinski definition) is 5. The minimum absolute atomic E-state index is 0.386. The van der Waals surface area contributed by atoms with Crippen LogP contribution in [-0.2, 0) is 21.9 Å². The molecule has 0 amide bonds. The van der Waals surface area contributed by atoms with Gasteiger partial charge in [0.2, 0.25) is 11.1 Å². The van der Waals surface area contributed by atoms with Crippen LogP contribution in [0.5, 0.6) is 5.75 Å². The number of hydroxylamine groups is 1. The van der Waals surface area contributed by atoms with Crippen molar-refractivity contribution in [3.8, 4) is 5.75 Å². The zero-order valence-electron chi connectivity index (χ0n) is 14.1. The molecule has 1 heterocycles. The molecule has 26 heavy (non-hydrogen) atoms. The fraction of sp³-hybridized carbons (Fsp3) is 0.167. The zero-order chi connectivity index (χ0) is 18.7. The maximum Gasteiger partial charge on any atom is 0.210 e. The standard InChI is InChI=1S/C18H16BrClN2O3S/c1-11-3-8-14-15(19)9-16(18(24-2)17(14)22-11)26(23)25-21-10-12-4-6-13(20)7-5-12/h3-9,21H,10H2,1-2H3. The number of rotatable bonds is 6. The van der Waals surface area contributed by atoms with E-state index in [1.54, 1.807) is 18.2 Å². The van der Waals surface area contributed by atoms with Gasteiger partial charge in [0.1, 0.15) is 10.4 Å². The van der Waals surface area contributed by atoms with Gasteiger partial charge in [-0.3, -0.25) is 0 Å². The van der Waals surface area contributed by atoms with Crippen LogP contribution in [0.3, 0.4) is 0 Å². The molecule has 3 aromatic rings. The first-order valence-corrected chi connectivity index (χ1v) is 9.94. The number of halogens is 2. The van der Waals surface area contributed by atoms with Crippen molar-refractivity contribution in [2.45, 2.75) is 18.4 Å². The summed E-state index contributed by atoms with van der Waals surface area (Å²) in [5.74, 6) is 0.429. The van der Waals surface area contributed by atoms with Crippen molar-refractivity contribution in [1.29, 1.82) is 0 Å². The molecular formula is C18H16BrClN2O3S. The van der Waals surface area contributed by atoms with Crippen molar-refractivity contribution in [3.05, 3.63) is 63.2 Å². The molecule has 1 aromatic heterocycles. The number of nitrogens with one attached hydrogen (secondary N) is 1. The average molecular weight is 456 g/mol. The highest BCUT2D eigenvalue weighted by Gasteiger charge is 2.19. The Balaban J connectivity index is 1.82. The van der Waals surface area contributed by atoms with E-state index in [1.807, 2.05) is 31.2 Å². The largest absolute Gasteiger partial charge is 0.493 e. The molecule has 2 aromatic carbocycles. The highest BCUT2D eigenvalue weighted by atomic mass is 79.9. The number of hydrogen-bond donors (Lipinski definition) is 1. The van der Waals surface area contributed by atoms with Gasteiger partial charge in [-0.25, -0.2) is 9.19 Å². The summed E-state index contributed by atoms with van der Waals surface area (Å²) in [5.41, 5.74) is 5.14. The Labute approximate surface area is 167 Å². The second-order valence-corrected chi connectivity index (χ2v) is 7.87. The number of pyridine rings is 1. The molecule has 0 spiro atoms. The van der Waals surface area contributed by atoms with Crippen molar-refractivity contribution in [2.75, 3.05) is 7.11 Å². The minimum Gasteiger partial charge on any atom is -0.493 e. The number of aryl methyl sites for hydroxylation is 1. The van der Waals surface area contributed by atoms with Gasteiger partial charge in [0.15, 0.2) is 5.75 Å². The molecule has 0 fully saturated rings. The van der Waals surface area contributed by atoms with Crippen LogP contribution >= 0.6 is 27.5 Å². The van der Waals surface area contributed by atoms with Gasteiger partial charge in [0.25, 0.3) is 0 Å². The number of ether oxygens (including phenoxy) is 1. The van der Waals surface area contributed by atoms with E-state index in [0.717, 1.165) is 21.1 Å². The van der Waals surface area contributed by atoms with Gasteiger partial charge in [-0.15, -0.1) is 0 Å². The molecule has 1 atom stereocenters. The van der Waals surface area contributed by atoms with Gasteiger partial charge in [0, 0.05) is 27.1 Å². The normalized spacial score (nSPS) is 12.3. The Bertz CT molecular complexity index is 967. The van der Waals surface area contributed by atoms with Crippen LogP contribution in [-0.4, -0.2) is 16.3 Å². The van der Waals surface area contributed by atoms with Crippen LogP contribution in [0.4, 0.5) is 0 Å². The van der Waals surface area contributed by atoms with Crippen LogP contribution in [0.25, 0.3) is 10.9 Å². The van der Waals surface area contributed by atoms with Gasteiger partial charge in [-0.05, 0) is 42.8 Å². The Morgan fingerprint density at radius 3 is 2.65 bits per heavy atom. The monoisotopic (exact) mass is 454 g/mol. The molecule has 0 bridgehead atoms. The number of benzene rings is 2. The second kappa shape index (κ2) is 8.45. The fourth-order valence-electron chi connectivity index (χ4n) is 2.43. The molecule has 0 aliphatic heterocycles. The number of aromatic nitrogens is 1. The predicted molar refractivity (Wildman–Crippen MR) is 107 cm³/mol. The molecule has 8 heteroatoms. The first-order chi connectivity index (χ1) is 12.5. The maximum atomic E-state index is 12.6. The Kier molecular flexibility index (Phi) is 6.26. The van der Waals surface area contributed by atoms with Gasteiger partial charge in [-0.2, -0.15) is 9.76 Å². The minimum atomic E-state index is -1.78. The Morgan fingerprint density at radius 1 is 1.23 bits per heavy atom. The van der Waals surface area contributed by atoms with E-state index in [1.165, 1.54) is 7.11 Å². The molecule has 0 saturated carbocycles. The topological polar surface area (TPSA) is 60.5 Å². The summed E-state index contributed by atoms with van der Waals surface area (Å²) >= 11 is 7.58. The first-order valence-electron chi connectivity index (χ1n) is 7.70. The maximum absolute atomic E-state index is 12.6. The zero-order valence-corrected chi connectivity index (χ0v) is 17.2. The first kappa shape index (κ1) is 19.3. The van der Waals surface area contributed by atoms with E-state index in [2.05, 4.69) is 26.4 Å². The third kappa shape index (κ3) is 4.24. The summed E-state index contributed by atoms with van der Waals surface area (Å²) in [6, 6.07) is 12.9. The average Bonchev–Trinajstić information content (AvgIpc) is 2.63. The van der Waals surface area contributed by atoms with Crippen molar-refractivity contribution >= 4 is 49.5 Å². The predicted octanol–water partition coefficient (Wildman–Crippen LogP) is 4.71. The van der Waals surface area contributed by atoms with Crippen LogP contribution in [0.15, 0.2) is 51.8 Å². The van der Waals surface area contributed by atoms with Crippen LogP contribution < -0.4 is 10.2 Å². The summed E-state index contributed by atoms with van der Waals surface area (Å²) in [6.07, 6.45) is 0. The molecule has 1 N–H and O–H groups in total. The highest BCUT2D eigenvalue weighted by molar-refractivity contribution is 9.10. The molecule has 0 aliphatic carbocycles. The van der Waals surface area contributed by atoms with E-state index in [4.69, 9.17) is 20.6 Å². The molecule has 5 nitrogen and oxygen atoms in total. The van der Waals surface area contributed by atoms with E-state index < -0.39 is 11.1 Å². The highest BCUT2D eigenvalue weighted by Crippen LogP contribution is 2.36. The van der Waals surface area contributed by atoms with Crippen molar-refractivity contribution in [1.82, 2.24) is 10.5 Å². The van der Waals surface area contributed by atoms with Gasteiger partial charge >= 0.3 is 0 Å². The quantitative estimate of drug-likeness (QED) is 0.545. The van der Waals surface area contributed by atoms with Crippen LogP contribution in [0.1, 0.15) is 11.3 Å². The van der Waals surface area contributed by atoms with Crippen molar-refractivity contribution < 1.29 is 13.2 Å². The van der Waals surface area contributed by atoms with Gasteiger partial charge in [-0.1, -0.05) is 39.7 Å². The molecule has 0 saturated heterocycles. The molecule has 0 radical (unpaired) electrons. The Morgan fingerprint density at radius 2 is 1.96 bits per heavy atom. The third-order valence-electron chi connectivity index (χ3n) is 3.70. The lowest BCUT2D eigenvalue weighted by atomic mass is 10.2. The van der Waals surface area contributed by atoms with Crippen LogP contribution in [0.2, 0.25) is 5.02 Å². The van der Waals surface area contributed by atoms with Gasteiger partial charge < -0.3 is 4.74 Å². The van der Waals surface area contributed by atoms with E-state index in [9.17, 15) is 4.21 Å². The lowest BCUT2D eigenvalue weighted by Gasteiger charge is -2.13. The lowest BCUT2D eigenvalue weighted by molar-refractivity contribution is 0.215. The summed E-state index contributed by atoms with van der Waals surface area (Å²) < 4.78 is 24.2.